The van der Waals surface area contributed by atoms with Crippen LogP contribution in [0, 0.1) is 4.77 Å². The average molecular weight is 420 g/mol. The second-order valence-electron chi connectivity index (χ2n) is 6.94. The van der Waals surface area contributed by atoms with Crippen LogP contribution in [0.4, 0.5) is 11.5 Å². The molecule has 2 aliphatic rings. The largest absolute Gasteiger partial charge is 0.491 e. The Hall–Kier alpha value is -2.20. The van der Waals surface area contributed by atoms with Crippen LogP contribution in [0.25, 0.3) is 0 Å². The highest BCUT2D eigenvalue weighted by Crippen LogP contribution is 2.46. The van der Waals surface area contributed by atoms with E-state index in [1.54, 1.807) is 18.8 Å². The maximum Gasteiger partial charge on any atom is 0.203 e. The molecular weight excluding hydrogens is 394 g/mol. The van der Waals surface area contributed by atoms with Crippen LogP contribution >= 0.6 is 12.2 Å². The van der Waals surface area contributed by atoms with Crippen molar-refractivity contribution < 1.29 is 23.7 Å². The number of rotatable bonds is 7. The molecule has 1 aromatic heterocycles. The molecule has 8 nitrogen and oxygen atoms in total. The molecule has 4 rings (SSSR count). The van der Waals surface area contributed by atoms with Crippen LogP contribution in [0.5, 0.6) is 17.2 Å². The summed E-state index contributed by atoms with van der Waals surface area (Å²) >= 11 is 5.53. The number of nitrogens with zero attached hydrogens (tertiary/aromatic N) is 2. The molecule has 3 atom stereocenters. The fraction of sp³-hybridized carbons (Fsp3) is 0.500. The fourth-order valence-corrected chi connectivity index (χ4v) is 3.81. The van der Waals surface area contributed by atoms with Crippen LogP contribution in [0.15, 0.2) is 24.4 Å². The topological polar surface area (TPSA) is 76.0 Å². The first-order valence-electron chi connectivity index (χ1n) is 9.65. The van der Waals surface area contributed by atoms with Crippen LogP contribution in [-0.2, 0) is 14.2 Å². The van der Waals surface area contributed by atoms with Crippen molar-refractivity contribution in [2.75, 3.05) is 32.8 Å². The van der Waals surface area contributed by atoms with Gasteiger partial charge in [0, 0.05) is 20.6 Å². The lowest BCUT2D eigenvalue weighted by Crippen LogP contribution is -2.27. The lowest BCUT2D eigenvalue weighted by molar-refractivity contribution is -0.0614. The van der Waals surface area contributed by atoms with Crippen molar-refractivity contribution in [3.8, 4) is 17.2 Å². The lowest BCUT2D eigenvalue weighted by Gasteiger charge is -2.25. The molecule has 0 amide bonds. The zero-order chi connectivity index (χ0) is 20.4. The highest BCUT2D eigenvalue weighted by atomic mass is 32.1. The number of methoxy groups -OCH3 is 2. The molecule has 2 aliphatic heterocycles. The SMILES string of the molecule is CCCOc1cccc2c1Nc1nc(=S)n([C@H]3CC(OC)[C@@H](COC)O3)cc1O2. The van der Waals surface area contributed by atoms with Gasteiger partial charge in [-0.25, -0.2) is 0 Å². The summed E-state index contributed by atoms with van der Waals surface area (Å²) in [5.41, 5.74) is 0.754. The third-order valence-electron chi connectivity index (χ3n) is 4.96. The Morgan fingerprint density at radius 2 is 2.17 bits per heavy atom. The third kappa shape index (κ3) is 3.95. The summed E-state index contributed by atoms with van der Waals surface area (Å²) in [5, 5.41) is 3.30. The second-order valence-corrected chi connectivity index (χ2v) is 7.31. The number of para-hydroxylation sites is 1. The normalized spacial score (nSPS) is 22.4. The van der Waals surface area contributed by atoms with Crippen LogP contribution in [-0.4, -0.2) is 49.2 Å². The molecule has 1 fully saturated rings. The highest BCUT2D eigenvalue weighted by Gasteiger charge is 2.37. The van der Waals surface area contributed by atoms with E-state index in [0.717, 1.165) is 17.9 Å². The number of ether oxygens (including phenoxy) is 5. The quantitative estimate of drug-likeness (QED) is 0.571. The Kier molecular flexibility index (Phi) is 6.00. The van der Waals surface area contributed by atoms with Gasteiger partial charge in [0.05, 0.1) is 25.5 Å². The van der Waals surface area contributed by atoms with Gasteiger partial charge in [-0.1, -0.05) is 13.0 Å². The first kappa shape index (κ1) is 20.1. The minimum atomic E-state index is -0.297. The van der Waals surface area contributed by atoms with E-state index in [1.165, 1.54) is 0 Å². The maximum atomic E-state index is 6.11. The fourth-order valence-electron chi connectivity index (χ4n) is 3.54. The second kappa shape index (κ2) is 8.66. The molecule has 0 radical (unpaired) electrons. The van der Waals surface area contributed by atoms with Gasteiger partial charge in [0.2, 0.25) is 4.77 Å². The molecule has 3 heterocycles. The summed E-state index contributed by atoms with van der Waals surface area (Å²) in [7, 11) is 3.32. The zero-order valence-electron chi connectivity index (χ0n) is 16.7. The van der Waals surface area contributed by atoms with Gasteiger partial charge in [-0.05, 0) is 30.8 Å². The van der Waals surface area contributed by atoms with Gasteiger partial charge in [-0.2, -0.15) is 4.98 Å². The van der Waals surface area contributed by atoms with Crippen LogP contribution in [0.3, 0.4) is 0 Å². The molecule has 1 unspecified atom stereocenters. The molecule has 29 heavy (non-hydrogen) atoms. The summed E-state index contributed by atoms with van der Waals surface area (Å²) in [5.74, 6) is 2.53. The zero-order valence-corrected chi connectivity index (χ0v) is 17.5. The predicted octanol–water partition coefficient (Wildman–Crippen LogP) is 4.20. The van der Waals surface area contributed by atoms with Gasteiger partial charge < -0.3 is 29.0 Å². The van der Waals surface area contributed by atoms with Gasteiger partial charge >= 0.3 is 0 Å². The van der Waals surface area contributed by atoms with Crippen molar-refractivity contribution >= 4 is 23.7 Å². The summed E-state index contributed by atoms with van der Waals surface area (Å²) in [6.07, 6.45) is 2.87. The number of hydrogen-bond donors (Lipinski definition) is 1. The van der Waals surface area contributed by atoms with Gasteiger partial charge in [0.25, 0.3) is 0 Å². The minimum absolute atomic E-state index is 0.0732. The van der Waals surface area contributed by atoms with Crippen molar-refractivity contribution in [1.29, 1.82) is 0 Å². The number of aromatic nitrogens is 2. The lowest BCUT2D eigenvalue weighted by atomic mass is 10.2. The number of fused-ring (bicyclic) bond motifs is 2. The van der Waals surface area contributed by atoms with E-state index in [0.29, 0.717) is 41.7 Å². The third-order valence-corrected chi connectivity index (χ3v) is 5.26. The number of nitrogens with one attached hydrogen (secondary N) is 1. The molecule has 9 heteroatoms. The van der Waals surface area contributed by atoms with Crippen molar-refractivity contribution in [1.82, 2.24) is 9.55 Å². The van der Waals surface area contributed by atoms with E-state index < -0.39 is 0 Å². The highest BCUT2D eigenvalue weighted by molar-refractivity contribution is 7.71. The van der Waals surface area contributed by atoms with E-state index in [2.05, 4.69) is 17.2 Å². The molecule has 156 valence electrons. The number of benzene rings is 1. The standard InChI is InChI=1S/C20H25N3O5S/c1-4-8-26-12-6-5-7-13-18(12)21-19-15(27-13)10-23(20(29)22-19)17-9-14(25-3)16(28-17)11-24-2/h5-7,10,14,16-17H,4,8-9,11H2,1-3H3,(H,21,22,29)/t14?,16-,17-/m1/s1. The van der Waals surface area contributed by atoms with Gasteiger partial charge in [0.15, 0.2) is 17.3 Å². The smallest absolute Gasteiger partial charge is 0.203 e. The van der Waals surface area contributed by atoms with Crippen molar-refractivity contribution in [2.45, 2.75) is 38.2 Å². The minimum Gasteiger partial charge on any atom is -0.491 e. The average Bonchev–Trinajstić information content (AvgIpc) is 3.13. The summed E-state index contributed by atoms with van der Waals surface area (Å²) < 4.78 is 31.0. The van der Waals surface area contributed by atoms with E-state index in [9.17, 15) is 0 Å². The van der Waals surface area contributed by atoms with E-state index in [4.69, 9.17) is 35.9 Å². The van der Waals surface area contributed by atoms with E-state index >= 15 is 0 Å². The predicted molar refractivity (Wildman–Crippen MR) is 110 cm³/mol. The Bertz CT molecular complexity index is 935. The maximum absolute atomic E-state index is 6.11. The molecular formula is C20H25N3O5S. The molecule has 1 aromatic carbocycles. The first-order valence-corrected chi connectivity index (χ1v) is 10.1. The monoisotopic (exact) mass is 419 g/mol. The molecule has 1 saturated heterocycles. The number of hydrogen-bond acceptors (Lipinski definition) is 8. The van der Waals surface area contributed by atoms with Crippen LogP contribution in [0.1, 0.15) is 26.0 Å². The summed E-state index contributed by atoms with van der Waals surface area (Å²) in [6.45, 7) is 3.14. The molecule has 0 aliphatic carbocycles. The Morgan fingerprint density at radius 3 is 2.93 bits per heavy atom. The van der Waals surface area contributed by atoms with Crippen molar-refractivity contribution in [3.05, 3.63) is 29.2 Å². The van der Waals surface area contributed by atoms with Crippen molar-refractivity contribution in [2.24, 2.45) is 0 Å². The Morgan fingerprint density at radius 1 is 1.31 bits per heavy atom. The first-order chi connectivity index (χ1) is 14.1. The molecule has 1 N–H and O–H groups in total. The Balaban J connectivity index is 1.61. The molecule has 0 saturated carbocycles. The van der Waals surface area contributed by atoms with Gasteiger partial charge in [-0.15, -0.1) is 0 Å². The summed E-state index contributed by atoms with van der Waals surface area (Å²) in [6, 6.07) is 5.69. The van der Waals surface area contributed by atoms with E-state index in [-0.39, 0.29) is 18.4 Å². The molecule has 2 aromatic rings. The number of anilines is 2. The van der Waals surface area contributed by atoms with E-state index in [1.807, 2.05) is 24.4 Å². The van der Waals surface area contributed by atoms with Gasteiger partial charge in [0.1, 0.15) is 23.8 Å². The van der Waals surface area contributed by atoms with Crippen molar-refractivity contribution in [3.63, 3.8) is 0 Å². The Labute approximate surface area is 174 Å². The van der Waals surface area contributed by atoms with Gasteiger partial charge in [-0.3, -0.25) is 4.57 Å². The molecule has 0 spiro atoms. The van der Waals surface area contributed by atoms with Crippen LogP contribution < -0.4 is 14.8 Å². The summed E-state index contributed by atoms with van der Waals surface area (Å²) in [4.78, 5) is 4.53. The van der Waals surface area contributed by atoms with Crippen LogP contribution in [0.2, 0.25) is 0 Å². The molecule has 0 bridgehead atoms.